The first-order valence-electron chi connectivity index (χ1n) is 7.18. The maximum absolute atomic E-state index is 12.0. The molecule has 1 amide bonds. The Morgan fingerprint density at radius 2 is 2.42 bits per heavy atom. The molecular weight excluding hydrogens is 240 g/mol. The second kappa shape index (κ2) is 6.70. The number of hydrogen-bond donors (Lipinski definition) is 2. The van der Waals surface area contributed by atoms with Crippen molar-refractivity contribution in [1.82, 2.24) is 20.2 Å². The second-order valence-corrected chi connectivity index (χ2v) is 5.61. The molecule has 106 valence electrons. The zero-order chi connectivity index (χ0) is 13.7. The molecule has 0 saturated carbocycles. The van der Waals surface area contributed by atoms with Gasteiger partial charge in [-0.15, -0.1) is 0 Å². The minimum atomic E-state index is -0.0257. The maximum Gasteiger partial charge on any atom is 0.237 e. The average Bonchev–Trinajstić information content (AvgIpc) is 2.83. The quantitative estimate of drug-likeness (QED) is 0.842. The van der Waals surface area contributed by atoms with Crippen molar-refractivity contribution >= 4 is 5.91 Å². The Morgan fingerprint density at radius 3 is 3.11 bits per heavy atom. The standard InChI is InChI=1S/C14H24N4O/c1-11(2)10-18-8-7-16-13(18)9-17-14(19)12-5-3-4-6-15-12/h7-8,11-12,15H,3-6,9-10H2,1-2H3,(H,17,19)/t12-/m1/s1. The van der Waals surface area contributed by atoms with E-state index in [4.69, 9.17) is 0 Å². The lowest BCUT2D eigenvalue weighted by molar-refractivity contribution is -0.123. The van der Waals surface area contributed by atoms with E-state index < -0.39 is 0 Å². The molecule has 2 rings (SSSR count). The maximum atomic E-state index is 12.0. The van der Waals surface area contributed by atoms with Crippen molar-refractivity contribution in [1.29, 1.82) is 0 Å². The highest BCUT2D eigenvalue weighted by molar-refractivity contribution is 5.81. The third-order valence-electron chi connectivity index (χ3n) is 3.41. The number of piperidine rings is 1. The van der Waals surface area contributed by atoms with Gasteiger partial charge in [-0.3, -0.25) is 4.79 Å². The van der Waals surface area contributed by atoms with Gasteiger partial charge in [-0.1, -0.05) is 20.3 Å². The van der Waals surface area contributed by atoms with Gasteiger partial charge < -0.3 is 15.2 Å². The summed E-state index contributed by atoms with van der Waals surface area (Å²) in [6, 6.07) is -0.0257. The van der Waals surface area contributed by atoms with E-state index in [9.17, 15) is 4.79 Å². The Kier molecular flexibility index (Phi) is 4.96. The Morgan fingerprint density at radius 1 is 1.58 bits per heavy atom. The fourth-order valence-electron chi connectivity index (χ4n) is 2.43. The number of amides is 1. The molecule has 19 heavy (non-hydrogen) atoms. The van der Waals surface area contributed by atoms with Crippen LogP contribution in [0.2, 0.25) is 0 Å². The summed E-state index contributed by atoms with van der Waals surface area (Å²) in [5.74, 6) is 1.60. The molecule has 1 aliphatic rings. The number of rotatable bonds is 5. The van der Waals surface area contributed by atoms with Crippen molar-refractivity contribution in [2.75, 3.05) is 6.54 Å². The lowest BCUT2D eigenvalue weighted by Gasteiger charge is -2.22. The zero-order valence-corrected chi connectivity index (χ0v) is 11.9. The molecule has 5 nitrogen and oxygen atoms in total. The SMILES string of the molecule is CC(C)Cn1ccnc1CNC(=O)[C@H]1CCCCN1. The number of nitrogens with one attached hydrogen (secondary N) is 2. The number of hydrogen-bond acceptors (Lipinski definition) is 3. The first-order valence-corrected chi connectivity index (χ1v) is 7.18. The summed E-state index contributed by atoms with van der Waals surface area (Å²) >= 11 is 0. The van der Waals surface area contributed by atoms with Gasteiger partial charge in [0, 0.05) is 18.9 Å². The molecule has 5 heteroatoms. The van der Waals surface area contributed by atoms with Crippen LogP contribution in [0, 0.1) is 5.92 Å². The molecule has 0 aromatic carbocycles. The number of imidazole rings is 1. The van der Waals surface area contributed by atoms with Crippen LogP contribution in [0.15, 0.2) is 12.4 Å². The highest BCUT2D eigenvalue weighted by atomic mass is 16.2. The molecular formula is C14H24N4O. The molecule has 0 radical (unpaired) electrons. The summed E-state index contributed by atoms with van der Waals surface area (Å²) in [6.45, 7) is 6.74. The van der Waals surface area contributed by atoms with Crippen molar-refractivity contribution in [3.8, 4) is 0 Å². The minimum Gasteiger partial charge on any atom is -0.348 e. The van der Waals surface area contributed by atoms with Crippen molar-refractivity contribution in [2.24, 2.45) is 5.92 Å². The van der Waals surface area contributed by atoms with Crippen LogP contribution in [-0.2, 0) is 17.9 Å². The predicted molar refractivity (Wildman–Crippen MR) is 74.6 cm³/mol. The minimum absolute atomic E-state index is 0.0257. The Labute approximate surface area is 114 Å². The van der Waals surface area contributed by atoms with Gasteiger partial charge >= 0.3 is 0 Å². The summed E-state index contributed by atoms with van der Waals surface area (Å²) < 4.78 is 2.11. The van der Waals surface area contributed by atoms with Gasteiger partial charge in [-0.2, -0.15) is 0 Å². The summed E-state index contributed by atoms with van der Waals surface area (Å²) in [5, 5.41) is 6.24. The fourth-order valence-corrected chi connectivity index (χ4v) is 2.43. The molecule has 1 aliphatic heterocycles. The van der Waals surface area contributed by atoms with Crippen molar-refractivity contribution in [3.05, 3.63) is 18.2 Å². The molecule has 0 unspecified atom stereocenters. The summed E-state index contributed by atoms with van der Waals surface area (Å²) in [4.78, 5) is 16.3. The van der Waals surface area contributed by atoms with E-state index in [-0.39, 0.29) is 11.9 Å². The molecule has 1 atom stereocenters. The molecule has 0 aliphatic carbocycles. The molecule has 0 bridgehead atoms. The topological polar surface area (TPSA) is 59.0 Å². The first-order chi connectivity index (χ1) is 9.16. The number of carbonyl (C=O) groups excluding carboxylic acids is 1. The van der Waals surface area contributed by atoms with Crippen LogP contribution in [0.3, 0.4) is 0 Å². The first kappa shape index (κ1) is 14.1. The van der Waals surface area contributed by atoms with E-state index in [0.29, 0.717) is 12.5 Å². The summed E-state index contributed by atoms with van der Waals surface area (Å²) in [5.41, 5.74) is 0. The number of nitrogens with zero attached hydrogens (tertiary/aromatic N) is 2. The highest BCUT2D eigenvalue weighted by Gasteiger charge is 2.20. The van der Waals surface area contributed by atoms with E-state index >= 15 is 0 Å². The van der Waals surface area contributed by atoms with Crippen LogP contribution >= 0.6 is 0 Å². The third kappa shape index (κ3) is 4.06. The van der Waals surface area contributed by atoms with Crippen LogP contribution in [0.4, 0.5) is 0 Å². The third-order valence-corrected chi connectivity index (χ3v) is 3.41. The predicted octanol–water partition coefficient (Wildman–Crippen LogP) is 1.30. The van der Waals surface area contributed by atoms with Gasteiger partial charge in [0.25, 0.3) is 0 Å². The number of aromatic nitrogens is 2. The van der Waals surface area contributed by atoms with Gasteiger partial charge in [0.05, 0.1) is 12.6 Å². The van der Waals surface area contributed by atoms with E-state index in [1.807, 2.05) is 6.20 Å². The molecule has 1 fully saturated rings. The van der Waals surface area contributed by atoms with Crippen molar-refractivity contribution in [2.45, 2.75) is 52.2 Å². The smallest absolute Gasteiger partial charge is 0.237 e. The largest absolute Gasteiger partial charge is 0.348 e. The van der Waals surface area contributed by atoms with Crippen LogP contribution in [0.5, 0.6) is 0 Å². The fraction of sp³-hybridized carbons (Fsp3) is 0.714. The molecule has 1 saturated heterocycles. The Balaban J connectivity index is 1.84. The Hall–Kier alpha value is -1.36. The van der Waals surface area contributed by atoms with Crippen LogP contribution in [0.25, 0.3) is 0 Å². The lowest BCUT2D eigenvalue weighted by atomic mass is 10.0. The van der Waals surface area contributed by atoms with Crippen LogP contribution in [-0.4, -0.2) is 28.0 Å². The molecule has 2 heterocycles. The molecule has 2 N–H and O–H groups in total. The van der Waals surface area contributed by atoms with Gasteiger partial charge in [0.1, 0.15) is 5.82 Å². The van der Waals surface area contributed by atoms with E-state index in [2.05, 4.69) is 34.0 Å². The van der Waals surface area contributed by atoms with Crippen LogP contribution < -0.4 is 10.6 Å². The molecule has 1 aromatic rings. The summed E-state index contributed by atoms with van der Waals surface area (Å²) in [6.07, 6.45) is 7.00. The Bertz CT molecular complexity index is 407. The number of carbonyl (C=O) groups is 1. The second-order valence-electron chi connectivity index (χ2n) is 5.61. The van der Waals surface area contributed by atoms with E-state index in [0.717, 1.165) is 31.8 Å². The van der Waals surface area contributed by atoms with Gasteiger partial charge in [0.2, 0.25) is 5.91 Å². The normalized spacial score (nSPS) is 19.6. The van der Waals surface area contributed by atoms with Gasteiger partial charge in [-0.25, -0.2) is 4.98 Å². The van der Waals surface area contributed by atoms with E-state index in [1.54, 1.807) is 6.20 Å². The average molecular weight is 264 g/mol. The van der Waals surface area contributed by atoms with Crippen LogP contribution in [0.1, 0.15) is 38.9 Å². The lowest BCUT2D eigenvalue weighted by Crippen LogP contribution is -2.46. The van der Waals surface area contributed by atoms with Crippen molar-refractivity contribution < 1.29 is 4.79 Å². The van der Waals surface area contributed by atoms with Crippen molar-refractivity contribution in [3.63, 3.8) is 0 Å². The van der Waals surface area contributed by atoms with E-state index in [1.165, 1.54) is 6.42 Å². The zero-order valence-electron chi connectivity index (χ0n) is 11.9. The molecule has 0 spiro atoms. The highest BCUT2D eigenvalue weighted by Crippen LogP contribution is 2.08. The van der Waals surface area contributed by atoms with Gasteiger partial charge in [-0.05, 0) is 25.3 Å². The molecule has 1 aromatic heterocycles. The summed E-state index contributed by atoms with van der Waals surface area (Å²) in [7, 11) is 0. The van der Waals surface area contributed by atoms with Gasteiger partial charge in [0.15, 0.2) is 0 Å². The monoisotopic (exact) mass is 264 g/mol.